The molecule has 0 saturated carbocycles. The van der Waals surface area contributed by atoms with Gasteiger partial charge in [-0.15, -0.1) is 0 Å². The number of methoxy groups -OCH3 is 1. The fraction of sp³-hybridized carbons (Fsp3) is 0.522. The Morgan fingerprint density at radius 3 is 2.81 bits per heavy atom. The molecule has 1 saturated heterocycles. The molecule has 0 spiro atoms. The summed E-state index contributed by atoms with van der Waals surface area (Å²) in [5, 5.41) is 8.80. The summed E-state index contributed by atoms with van der Waals surface area (Å²) in [5.41, 5.74) is 2.47. The molecule has 3 aromatic heterocycles. The minimum atomic E-state index is -0.392. The van der Waals surface area contributed by atoms with Gasteiger partial charge in [0.15, 0.2) is 5.82 Å². The molecule has 4 heterocycles. The first kappa shape index (κ1) is 22.1. The Hall–Kier alpha value is -3.07. The zero-order chi connectivity index (χ0) is 22.6. The molecule has 1 unspecified atom stereocenters. The standard InChI is InChI=1S/C23H30N6O3/c1-17-15-18(2)29(26-17)13-7-20(30)28-12-4-8-23(16-28,9-14-31-3)22-25-21(32-27-22)19-5-10-24-11-6-19/h5-6,10-11,15H,4,7-9,12-14,16H2,1-3H3. The molecule has 170 valence electrons. The number of hydrogen-bond acceptors (Lipinski definition) is 7. The molecule has 9 nitrogen and oxygen atoms in total. The number of carbonyl (C=O) groups is 1. The molecule has 0 aromatic carbocycles. The van der Waals surface area contributed by atoms with Crippen molar-refractivity contribution in [1.29, 1.82) is 0 Å². The lowest BCUT2D eigenvalue weighted by atomic mass is 9.76. The van der Waals surface area contributed by atoms with Crippen LogP contribution in [0.1, 0.15) is 42.9 Å². The van der Waals surface area contributed by atoms with Gasteiger partial charge in [-0.3, -0.25) is 14.5 Å². The molecule has 1 fully saturated rings. The summed E-state index contributed by atoms with van der Waals surface area (Å²) in [5.74, 6) is 1.22. The van der Waals surface area contributed by atoms with Crippen LogP contribution >= 0.6 is 0 Å². The number of hydrogen-bond donors (Lipinski definition) is 0. The minimum Gasteiger partial charge on any atom is -0.385 e. The van der Waals surface area contributed by atoms with Crippen LogP contribution in [0.4, 0.5) is 0 Å². The first-order valence-corrected chi connectivity index (χ1v) is 11.0. The van der Waals surface area contributed by atoms with Crippen molar-refractivity contribution in [1.82, 2.24) is 29.8 Å². The molecule has 0 bridgehead atoms. The first-order valence-electron chi connectivity index (χ1n) is 11.0. The van der Waals surface area contributed by atoms with E-state index in [0.717, 1.165) is 42.8 Å². The van der Waals surface area contributed by atoms with Crippen molar-refractivity contribution in [3.63, 3.8) is 0 Å². The highest BCUT2D eigenvalue weighted by Crippen LogP contribution is 2.37. The topological polar surface area (TPSA) is 99.2 Å². The summed E-state index contributed by atoms with van der Waals surface area (Å²) in [6.07, 6.45) is 6.30. The Morgan fingerprint density at radius 1 is 1.28 bits per heavy atom. The number of likely N-dealkylation sites (tertiary alicyclic amines) is 1. The predicted molar refractivity (Wildman–Crippen MR) is 118 cm³/mol. The fourth-order valence-corrected chi connectivity index (χ4v) is 4.45. The predicted octanol–water partition coefficient (Wildman–Crippen LogP) is 2.93. The van der Waals surface area contributed by atoms with Gasteiger partial charge in [0.05, 0.1) is 11.1 Å². The number of carbonyl (C=O) groups excluding carboxylic acids is 1. The van der Waals surface area contributed by atoms with Crippen LogP contribution in [0, 0.1) is 13.8 Å². The molecule has 3 aromatic rings. The molecule has 0 radical (unpaired) electrons. The first-order chi connectivity index (χ1) is 15.5. The lowest BCUT2D eigenvalue weighted by Gasteiger charge is -2.41. The van der Waals surface area contributed by atoms with Crippen molar-refractivity contribution in [2.45, 2.75) is 51.5 Å². The molecule has 0 aliphatic carbocycles. The van der Waals surface area contributed by atoms with E-state index in [1.165, 1.54) is 0 Å². The van der Waals surface area contributed by atoms with Crippen LogP contribution in [0.2, 0.25) is 0 Å². The molecule has 4 rings (SSSR count). The summed E-state index contributed by atoms with van der Waals surface area (Å²) in [4.78, 5) is 23.8. The van der Waals surface area contributed by atoms with E-state index in [2.05, 4.69) is 15.2 Å². The second-order valence-corrected chi connectivity index (χ2v) is 8.50. The van der Waals surface area contributed by atoms with Crippen molar-refractivity contribution in [3.8, 4) is 11.5 Å². The van der Waals surface area contributed by atoms with Gasteiger partial charge in [-0.25, -0.2) is 0 Å². The summed E-state index contributed by atoms with van der Waals surface area (Å²) in [6.45, 7) is 6.41. The number of ether oxygens (including phenoxy) is 1. The third kappa shape index (κ3) is 4.72. The van der Waals surface area contributed by atoms with E-state index in [-0.39, 0.29) is 5.91 Å². The minimum absolute atomic E-state index is 0.122. The highest BCUT2D eigenvalue weighted by molar-refractivity contribution is 5.76. The lowest BCUT2D eigenvalue weighted by Crippen LogP contribution is -2.49. The lowest BCUT2D eigenvalue weighted by molar-refractivity contribution is -0.134. The van der Waals surface area contributed by atoms with Gasteiger partial charge in [0.1, 0.15) is 0 Å². The van der Waals surface area contributed by atoms with Crippen molar-refractivity contribution >= 4 is 5.91 Å². The van der Waals surface area contributed by atoms with Gasteiger partial charge in [0.2, 0.25) is 5.91 Å². The highest BCUT2D eigenvalue weighted by atomic mass is 16.5. The Balaban J connectivity index is 1.51. The number of amides is 1. The van der Waals surface area contributed by atoms with Crippen molar-refractivity contribution in [3.05, 3.63) is 47.8 Å². The molecule has 32 heavy (non-hydrogen) atoms. The largest absolute Gasteiger partial charge is 0.385 e. The van der Waals surface area contributed by atoms with Crippen LogP contribution in [0.5, 0.6) is 0 Å². The van der Waals surface area contributed by atoms with Gasteiger partial charge in [-0.05, 0) is 51.3 Å². The van der Waals surface area contributed by atoms with Crippen molar-refractivity contribution in [2.24, 2.45) is 0 Å². The third-order valence-electron chi connectivity index (χ3n) is 6.18. The second kappa shape index (κ2) is 9.60. The molecule has 9 heteroatoms. The van der Waals surface area contributed by atoms with Gasteiger partial charge in [-0.2, -0.15) is 10.1 Å². The number of aryl methyl sites for hydroxylation is 3. The highest BCUT2D eigenvalue weighted by Gasteiger charge is 2.42. The van der Waals surface area contributed by atoms with E-state index in [9.17, 15) is 4.79 Å². The number of rotatable bonds is 8. The monoisotopic (exact) mass is 438 g/mol. The third-order valence-corrected chi connectivity index (χ3v) is 6.18. The molecule has 0 N–H and O–H groups in total. The van der Waals surface area contributed by atoms with Gasteiger partial charge in [-0.1, -0.05) is 5.16 Å². The van der Waals surface area contributed by atoms with Crippen LogP contribution in [-0.2, 0) is 21.5 Å². The molecular formula is C23H30N6O3. The van der Waals surface area contributed by atoms with Crippen molar-refractivity contribution < 1.29 is 14.1 Å². The Morgan fingerprint density at radius 2 is 2.09 bits per heavy atom. The normalized spacial score (nSPS) is 18.8. The zero-order valence-corrected chi connectivity index (χ0v) is 19.0. The van der Waals surface area contributed by atoms with Gasteiger partial charge < -0.3 is 14.2 Å². The fourth-order valence-electron chi connectivity index (χ4n) is 4.45. The molecule has 1 aliphatic rings. The van der Waals surface area contributed by atoms with E-state index in [1.54, 1.807) is 19.5 Å². The van der Waals surface area contributed by atoms with Crippen LogP contribution in [0.15, 0.2) is 35.1 Å². The van der Waals surface area contributed by atoms with Crippen molar-refractivity contribution in [2.75, 3.05) is 26.8 Å². The number of pyridine rings is 1. The number of piperidine rings is 1. The number of nitrogens with zero attached hydrogens (tertiary/aromatic N) is 6. The smallest absolute Gasteiger partial charge is 0.258 e. The zero-order valence-electron chi connectivity index (χ0n) is 19.0. The van der Waals surface area contributed by atoms with Crippen LogP contribution in [-0.4, -0.2) is 62.5 Å². The maximum atomic E-state index is 13.1. The van der Waals surface area contributed by atoms with Gasteiger partial charge in [0.25, 0.3) is 5.89 Å². The van der Waals surface area contributed by atoms with Crippen LogP contribution in [0.25, 0.3) is 11.5 Å². The Bertz CT molecular complexity index is 1050. The molecule has 1 amide bonds. The van der Waals surface area contributed by atoms with E-state index in [0.29, 0.717) is 37.8 Å². The van der Waals surface area contributed by atoms with Crippen LogP contribution < -0.4 is 0 Å². The average Bonchev–Trinajstić information content (AvgIpc) is 3.43. The summed E-state index contributed by atoms with van der Waals surface area (Å²) >= 11 is 0. The Labute approximate surface area is 187 Å². The van der Waals surface area contributed by atoms with Gasteiger partial charge >= 0.3 is 0 Å². The number of aromatic nitrogens is 5. The van der Waals surface area contributed by atoms with Gasteiger partial charge in [0, 0.05) is 63.4 Å². The second-order valence-electron chi connectivity index (χ2n) is 8.50. The average molecular weight is 439 g/mol. The van der Waals surface area contributed by atoms with E-state index >= 15 is 0 Å². The van der Waals surface area contributed by atoms with Crippen LogP contribution in [0.3, 0.4) is 0 Å². The van der Waals surface area contributed by atoms with E-state index < -0.39 is 5.41 Å². The maximum Gasteiger partial charge on any atom is 0.258 e. The quantitative estimate of drug-likeness (QED) is 0.533. The molecule has 1 aliphatic heterocycles. The van der Waals surface area contributed by atoms with E-state index in [1.807, 2.05) is 41.6 Å². The summed E-state index contributed by atoms with van der Waals surface area (Å²) < 4.78 is 12.9. The Kier molecular flexibility index (Phi) is 6.64. The summed E-state index contributed by atoms with van der Waals surface area (Å²) in [6, 6.07) is 5.71. The molecular weight excluding hydrogens is 408 g/mol. The summed E-state index contributed by atoms with van der Waals surface area (Å²) in [7, 11) is 1.69. The molecule has 1 atom stereocenters. The SMILES string of the molecule is COCCC1(c2noc(-c3ccncc3)n2)CCCN(C(=O)CCn2nc(C)cc2C)C1. The maximum absolute atomic E-state index is 13.1. The van der Waals surface area contributed by atoms with E-state index in [4.69, 9.17) is 14.2 Å².